The number of aromatic nitrogens is 3. The lowest BCUT2D eigenvalue weighted by Crippen LogP contribution is -2.41. The number of hydrogen-bond donors (Lipinski definition) is 1. The van der Waals surface area contributed by atoms with Gasteiger partial charge in [-0.25, -0.2) is 0 Å². The van der Waals surface area contributed by atoms with Crippen LogP contribution in [0.15, 0.2) is 29.4 Å². The number of nitrogens with zero attached hydrogens (tertiary/aromatic N) is 5. The van der Waals surface area contributed by atoms with Crippen LogP contribution in [0.5, 0.6) is 0 Å². The third-order valence-corrected chi connectivity index (χ3v) is 3.67. The molecule has 114 valence electrons. The van der Waals surface area contributed by atoms with Gasteiger partial charge in [0.25, 0.3) is 0 Å². The minimum absolute atomic E-state index is 0. The van der Waals surface area contributed by atoms with Crippen molar-refractivity contribution in [2.75, 3.05) is 19.6 Å². The fourth-order valence-electron chi connectivity index (χ4n) is 2.55. The molecule has 1 saturated heterocycles. The van der Waals surface area contributed by atoms with Gasteiger partial charge in [0.2, 0.25) is 0 Å². The summed E-state index contributed by atoms with van der Waals surface area (Å²) in [6, 6.07) is 5.88. The van der Waals surface area contributed by atoms with E-state index >= 15 is 0 Å². The van der Waals surface area contributed by atoms with Gasteiger partial charge in [-0.2, -0.15) is 0 Å². The largest absolute Gasteiger partial charge is 0.370 e. The molecule has 0 aliphatic carbocycles. The van der Waals surface area contributed by atoms with Crippen LogP contribution in [-0.4, -0.2) is 45.1 Å². The Balaban J connectivity index is 0.00000161. The van der Waals surface area contributed by atoms with Gasteiger partial charge in [-0.3, -0.25) is 9.39 Å². The molecule has 7 heteroatoms. The molecule has 0 saturated carbocycles. The molecule has 6 nitrogen and oxygen atoms in total. The van der Waals surface area contributed by atoms with Gasteiger partial charge in [-0.15, -0.1) is 34.2 Å². The Kier molecular flexibility index (Phi) is 5.77. The first kappa shape index (κ1) is 16.0. The maximum Gasteiger partial charge on any atom is 0.191 e. The molecule has 1 fully saturated rings. The Morgan fingerprint density at radius 3 is 2.81 bits per heavy atom. The summed E-state index contributed by atoms with van der Waals surface area (Å²) in [5.74, 6) is 1.59. The highest BCUT2D eigenvalue weighted by Crippen LogP contribution is 2.08. The molecule has 0 amide bonds. The van der Waals surface area contributed by atoms with Crippen LogP contribution in [0.25, 0.3) is 5.65 Å². The van der Waals surface area contributed by atoms with Crippen molar-refractivity contribution < 1.29 is 0 Å². The Hall–Kier alpha value is -1.38. The lowest BCUT2D eigenvalue weighted by molar-refractivity contribution is 0.338. The van der Waals surface area contributed by atoms with Crippen LogP contribution in [0.4, 0.5) is 0 Å². The van der Waals surface area contributed by atoms with Crippen LogP contribution >= 0.6 is 24.0 Å². The number of guanidine groups is 1. The van der Waals surface area contributed by atoms with Crippen LogP contribution in [0, 0.1) is 0 Å². The molecule has 2 aromatic heterocycles. The van der Waals surface area contributed by atoms with Crippen molar-refractivity contribution in [3.05, 3.63) is 30.2 Å². The normalized spacial score (nSPS) is 16.0. The molecule has 0 unspecified atom stereocenters. The number of fused-ring (bicyclic) bond motifs is 1. The van der Waals surface area contributed by atoms with Crippen molar-refractivity contribution in [2.24, 2.45) is 10.7 Å². The van der Waals surface area contributed by atoms with E-state index in [2.05, 4.69) is 20.1 Å². The molecule has 0 bridgehead atoms. The van der Waals surface area contributed by atoms with Crippen molar-refractivity contribution in [1.82, 2.24) is 19.5 Å². The maximum atomic E-state index is 6.03. The first-order chi connectivity index (χ1) is 9.84. The van der Waals surface area contributed by atoms with Gasteiger partial charge in [0.15, 0.2) is 11.6 Å². The predicted octanol–water partition coefficient (Wildman–Crippen LogP) is 1.69. The Labute approximate surface area is 141 Å². The molecule has 1 aliphatic heterocycles. The topological polar surface area (TPSA) is 71.8 Å². The summed E-state index contributed by atoms with van der Waals surface area (Å²) in [4.78, 5) is 6.64. The lowest BCUT2D eigenvalue weighted by Gasteiger charge is -2.27. The van der Waals surface area contributed by atoms with Gasteiger partial charge in [0, 0.05) is 32.3 Å². The number of pyridine rings is 1. The number of piperidine rings is 1. The summed E-state index contributed by atoms with van der Waals surface area (Å²) < 4.78 is 1.99. The fourth-order valence-corrected chi connectivity index (χ4v) is 2.55. The number of rotatable bonds is 3. The molecule has 2 N–H and O–H groups in total. The second-order valence-corrected chi connectivity index (χ2v) is 5.08. The van der Waals surface area contributed by atoms with Crippen molar-refractivity contribution in [1.29, 1.82) is 0 Å². The average Bonchev–Trinajstić information content (AvgIpc) is 2.92. The third-order valence-electron chi connectivity index (χ3n) is 3.67. The number of likely N-dealkylation sites (tertiary alicyclic amines) is 1. The van der Waals surface area contributed by atoms with Crippen molar-refractivity contribution >= 4 is 35.6 Å². The summed E-state index contributed by atoms with van der Waals surface area (Å²) in [6.07, 6.45) is 6.45. The predicted molar refractivity (Wildman–Crippen MR) is 94.0 cm³/mol. The highest BCUT2D eigenvalue weighted by Gasteiger charge is 2.11. The molecule has 3 rings (SSSR count). The zero-order valence-electron chi connectivity index (χ0n) is 12.0. The Morgan fingerprint density at radius 2 is 2.00 bits per heavy atom. The molecular formula is C14H21IN6. The highest BCUT2D eigenvalue weighted by atomic mass is 127. The van der Waals surface area contributed by atoms with Gasteiger partial charge < -0.3 is 10.6 Å². The summed E-state index contributed by atoms with van der Waals surface area (Å²) in [6.45, 7) is 2.71. The van der Waals surface area contributed by atoms with Crippen LogP contribution in [0.3, 0.4) is 0 Å². The molecule has 0 atom stereocenters. The second-order valence-electron chi connectivity index (χ2n) is 5.08. The van der Waals surface area contributed by atoms with Crippen molar-refractivity contribution in [3.63, 3.8) is 0 Å². The van der Waals surface area contributed by atoms with Gasteiger partial charge in [0.05, 0.1) is 0 Å². The van der Waals surface area contributed by atoms with E-state index in [4.69, 9.17) is 5.73 Å². The van der Waals surface area contributed by atoms with Gasteiger partial charge in [-0.1, -0.05) is 6.07 Å². The minimum Gasteiger partial charge on any atom is -0.370 e. The second kappa shape index (κ2) is 7.58. The van der Waals surface area contributed by atoms with E-state index in [1.54, 1.807) is 0 Å². The molecular weight excluding hydrogens is 379 g/mol. The van der Waals surface area contributed by atoms with E-state index in [0.29, 0.717) is 12.5 Å². The molecule has 2 aromatic rings. The standard InChI is InChI=1S/C14H20N6.HI/c15-14(19-9-3-1-4-10-19)16-8-7-13-18-17-12-6-2-5-11-20(12)13;/h2,5-6,11H,1,3-4,7-10H2,(H2,15,16);1H. The third kappa shape index (κ3) is 3.84. The summed E-state index contributed by atoms with van der Waals surface area (Å²) in [5, 5.41) is 8.32. The molecule has 21 heavy (non-hydrogen) atoms. The maximum absolute atomic E-state index is 6.03. The molecule has 1 aliphatic rings. The van der Waals surface area contributed by atoms with E-state index in [0.717, 1.165) is 31.0 Å². The van der Waals surface area contributed by atoms with Gasteiger partial charge in [0.1, 0.15) is 5.82 Å². The van der Waals surface area contributed by atoms with Crippen LogP contribution < -0.4 is 5.73 Å². The van der Waals surface area contributed by atoms with E-state index in [1.165, 1.54) is 19.3 Å². The van der Waals surface area contributed by atoms with E-state index < -0.39 is 0 Å². The van der Waals surface area contributed by atoms with Crippen molar-refractivity contribution in [3.8, 4) is 0 Å². The smallest absolute Gasteiger partial charge is 0.191 e. The number of hydrogen-bond acceptors (Lipinski definition) is 3. The van der Waals surface area contributed by atoms with Crippen LogP contribution in [0.2, 0.25) is 0 Å². The minimum atomic E-state index is 0. The SMILES string of the molecule is I.NC(=NCCc1nnc2ccccn12)N1CCCCC1. The zero-order chi connectivity index (χ0) is 13.8. The summed E-state index contributed by atoms with van der Waals surface area (Å²) in [7, 11) is 0. The monoisotopic (exact) mass is 400 g/mol. The summed E-state index contributed by atoms with van der Waals surface area (Å²) >= 11 is 0. The van der Waals surface area contributed by atoms with Crippen LogP contribution in [-0.2, 0) is 6.42 Å². The number of nitrogens with two attached hydrogens (primary N) is 1. The first-order valence-corrected chi connectivity index (χ1v) is 7.18. The van der Waals surface area contributed by atoms with Crippen molar-refractivity contribution in [2.45, 2.75) is 25.7 Å². The van der Waals surface area contributed by atoms with E-state index in [-0.39, 0.29) is 24.0 Å². The average molecular weight is 400 g/mol. The van der Waals surface area contributed by atoms with Crippen LogP contribution in [0.1, 0.15) is 25.1 Å². The lowest BCUT2D eigenvalue weighted by atomic mass is 10.1. The fraction of sp³-hybridized carbons (Fsp3) is 0.500. The van der Waals surface area contributed by atoms with E-state index in [1.807, 2.05) is 28.8 Å². The van der Waals surface area contributed by atoms with E-state index in [9.17, 15) is 0 Å². The molecule has 0 spiro atoms. The van der Waals surface area contributed by atoms with Gasteiger partial charge >= 0.3 is 0 Å². The molecule has 3 heterocycles. The highest BCUT2D eigenvalue weighted by molar-refractivity contribution is 14.0. The first-order valence-electron chi connectivity index (χ1n) is 7.18. The molecule has 0 radical (unpaired) electrons. The molecule has 0 aromatic carbocycles. The Bertz CT molecular complexity index is 602. The number of aliphatic imine (C=N–C) groups is 1. The van der Waals surface area contributed by atoms with Gasteiger partial charge in [-0.05, 0) is 31.4 Å². The quantitative estimate of drug-likeness (QED) is 0.484. The number of halogens is 1. The Morgan fingerprint density at radius 1 is 1.19 bits per heavy atom. The zero-order valence-corrected chi connectivity index (χ0v) is 14.3. The summed E-state index contributed by atoms with van der Waals surface area (Å²) in [5.41, 5.74) is 6.90.